The van der Waals surface area contributed by atoms with Crippen molar-refractivity contribution in [3.05, 3.63) is 85.5 Å². The van der Waals surface area contributed by atoms with Crippen LogP contribution in [-0.2, 0) is 29.0 Å². The second kappa shape index (κ2) is 10.1. The highest BCUT2D eigenvalue weighted by atomic mass is 35.5. The van der Waals surface area contributed by atoms with Gasteiger partial charge in [-0.3, -0.25) is 9.59 Å². The standard InChI is InChI=1S/C24H23Cl2N3O3S/c25-18-9-17(22(30)19(26)10-18)11-28-21(16-7-13-3-1-2-4-14(13)8-16)24(32)29-20(23(27)31)15-5-6-33-12-15/h1-6,9-10,12,16,20-21,28,30H,7-8,11H2,(H2,27,31)(H,29,32)/t20-,21-/m1/s1. The molecule has 2 atom stereocenters. The summed E-state index contributed by atoms with van der Waals surface area (Å²) < 4.78 is 0. The summed E-state index contributed by atoms with van der Waals surface area (Å²) >= 11 is 13.6. The number of rotatable bonds is 8. The molecule has 9 heteroatoms. The molecule has 0 spiro atoms. The third-order valence-electron chi connectivity index (χ3n) is 5.90. The van der Waals surface area contributed by atoms with Gasteiger partial charge in [-0.25, -0.2) is 0 Å². The molecule has 5 N–H and O–H groups in total. The van der Waals surface area contributed by atoms with E-state index in [0.29, 0.717) is 29.0 Å². The molecule has 3 aromatic rings. The van der Waals surface area contributed by atoms with Crippen molar-refractivity contribution in [3.8, 4) is 5.75 Å². The maximum atomic E-state index is 13.4. The Labute approximate surface area is 205 Å². The largest absolute Gasteiger partial charge is 0.506 e. The molecule has 0 saturated heterocycles. The van der Waals surface area contributed by atoms with E-state index in [4.69, 9.17) is 28.9 Å². The fraction of sp³-hybridized carbons (Fsp3) is 0.250. The van der Waals surface area contributed by atoms with E-state index < -0.39 is 18.0 Å². The monoisotopic (exact) mass is 503 g/mol. The van der Waals surface area contributed by atoms with E-state index in [-0.39, 0.29) is 29.1 Å². The number of phenolic OH excluding ortho intramolecular Hbond substituents is 1. The van der Waals surface area contributed by atoms with E-state index in [1.807, 2.05) is 17.5 Å². The number of primary amides is 1. The van der Waals surface area contributed by atoms with Gasteiger partial charge in [0, 0.05) is 17.1 Å². The van der Waals surface area contributed by atoms with Crippen LogP contribution in [0.15, 0.2) is 53.2 Å². The molecule has 0 saturated carbocycles. The molecule has 0 bridgehead atoms. The summed E-state index contributed by atoms with van der Waals surface area (Å²) in [7, 11) is 0. The minimum absolute atomic E-state index is 0.0461. The SMILES string of the molecule is NC(=O)[C@H](NC(=O)[C@H](NCc1cc(Cl)cc(Cl)c1O)C1Cc2ccccc2C1)c1ccsc1. The molecule has 1 aliphatic rings. The molecular weight excluding hydrogens is 481 g/mol. The topological polar surface area (TPSA) is 104 Å². The second-order valence-corrected chi connectivity index (χ2v) is 9.72. The zero-order chi connectivity index (χ0) is 23.5. The Bertz CT molecular complexity index is 1140. The summed E-state index contributed by atoms with van der Waals surface area (Å²) in [5, 5.41) is 20.5. The number of benzene rings is 2. The molecule has 1 heterocycles. The van der Waals surface area contributed by atoms with E-state index >= 15 is 0 Å². The summed E-state index contributed by atoms with van der Waals surface area (Å²) in [6.45, 7) is 0.163. The molecule has 172 valence electrons. The van der Waals surface area contributed by atoms with Crippen LogP contribution in [0.3, 0.4) is 0 Å². The second-order valence-electron chi connectivity index (χ2n) is 8.09. The average Bonchev–Trinajstić information content (AvgIpc) is 3.45. The number of nitrogens with two attached hydrogens (primary N) is 1. The third-order valence-corrected chi connectivity index (χ3v) is 7.11. The first kappa shape index (κ1) is 23.6. The molecule has 1 aliphatic carbocycles. The van der Waals surface area contributed by atoms with Gasteiger partial charge in [0.2, 0.25) is 11.8 Å². The number of hydrogen-bond donors (Lipinski definition) is 4. The van der Waals surface area contributed by atoms with Crippen LogP contribution >= 0.6 is 34.5 Å². The van der Waals surface area contributed by atoms with E-state index in [0.717, 1.165) is 0 Å². The number of phenols is 1. The summed E-state index contributed by atoms with van der Waals surface area (Å²) in [5.41, 5.74) is 9.10. The molecule has 0 aliphatic heterocycles. The summed E-state index contributed by atoms with van der Waals surface area (Å²) in [6.07, 6.45) is 1.42. The maximum Gasteiger partial charge on any atom is 0.244 e. The smallest absolute Gasteiger partial charge is 0.244 e. The van der Waals surface area contributed by atoms with Gasteiger partial charge in [-0.1, -0.05) is 47.5 Å². The van der Waals surface area contributed by atoms with E-state index in [1.165, 1.54) is 28.5 Å². The van der Waals surface area contributed by atoms with Crippen LogP contribution < -0.4 is 16.4 Å². The quantitative estimate of drug-likeness (QED) is 0.373. The lowest BCUT2D eigenvalue weighted by Crippen LogP contribution is -2.51. The first-order chi connectivity index (χ1) is 15.8. The van der Waals surface area contributed by atoms with E-state index in [2.05, 4.69) is 22.8 Å². The van der Waals surface area contributed by atoms with Crippen LogP contribution in [0.25, 0.3) is 0 Å². The number of carbonyl (C=O) groups is 2. The van der Waals surface area contributed by atoms with Crippen LogP contribution in [-0.4, -0.2) is 23.0 Å². The van der Waals surface area contributed by atoms with E-state index in [1.54, 1.807) is 17.5 Å². The van der Waals surface area contributed by atoms with Crippen LogP contribution in [0, 0.1) is 5.92 Å². The maximum absolute atomic E-state index is 13.4. The summed E-state index contributed by atoms with van der Waals surface area (Å²) in [5.74, 6) is -1.10. The van der Waals surface area contributed by atoms with Crippen molar-refractivity contribution in [3.63, 3.8) is 0 Å². The van der Waals surface area contributed by atoms with Gasteiger partial charge in [0.1, 0.15) is 11.8 Å². The van der Waals surface area contributed by atoms with Gasteiger partial charge >= 0.3 is 0 Å². The van der Waals surface area contributed by atoms with Crippen molar-refractivity contribution in [2.75, 3.05) is 0 Å². The van der Waals surface area contributed by atoms with Crippen LogP contribution in [0.4, 0.5) is 0 Å². The van der Waals surface area contributed by atoms with Crippen molar-refractivity contribution >= 4 is 46.4 Å². The predicted octanol–water partition coefficient (Wildman–Crippen LogP) is 3.98. The number of thiophene rings is 1. The number of amides is 2. The summed E-state index contributed by atoms with van der Waals surface area (Å²) in [6, 6.07) is 11.3. The number of nitrogens with one attached hydrogen (secondary N) is 2. The van der Waals surface area contributed by atoms with Gasteiger partial charge in [-0.05, 0) is 64.4 Å². The zero-order valence-electron chi connectivity index (χ0n) is 17.6. The summed E-state index contributed by atoms with van der Waals surface area (Å²) in [4.78, 5) is 25.5. The lowest BCUT2D eigenvalue weighted by molar-refractivity contribution is -0.129. The van der Waals surface area contributed by atoms with Crippen molar-refractivity contribution in [2.24, 2.45) is 11.7 Å². The highest BCUT2D eigenvalue weighted by Gasteiger charge is 2.35. The number of halogens is 2. The van der Waals surface area contributed by atoms with Gasteiger partial charge in [-0.15, -0.1) is 0 Å². The highest BCUT2D eigenvalue weighted by molar-refractivity contribution is 7.08. The molecule has 2 amide bonds. The molecule has 2 aromatic carbocycles. The van der Waals surface area contributed by atoms with Gasteiger partial charge in [-0.2, -0.15) is 11.3 Å². The normalized spacial score (nSPS) is 15.1. The Morgan fingerprint density at radius 2 is 1.85 bits per heavy atom. The first-order valence-corrected chi connectivity index (χ1v) is 12.1. The van der Waals surface area contributed by atoms with Crippen molar-refractivity contribution in [1.29, 1.82) is 0 Å². The lowest BCUT2D eigenvalue weighted by Gasteiger charge is -2.26. The number of hydrogen-bond acceptors (Lipinski definition) is 5. The Balaban J connectivity index is 1.57. The minimum Gasteiger partial charge on any atom is -0.506 e. The number of fused-ring (bicyclic) bond motifs is 1. The van der Waals surface area contributed by atoms with Gasteiger partial charge in [0.05, 0.1) is 11.1 Å². The van der Waals surface area contributed by atoms with Gasteiger partial charge in [0.25, 0.3) is 0 Å². The number of aromatic hydroxyl groups is 1. The fourth-order valence-corrected chi connectivity index (χ4v) is 5.49. The minimum atomic E-state index is -0.925. The van der Waals surface area contributed by atoms with Gasteiger partial charge in [0.15, 0.2) is 0 Å². The molecule has 0 radical (unpaired) electrons. The van der Waals surface area contributed by atoms with Crippen LogP contribution in [0.1, 0.15) is 28.3 Å². The molecular formula is C24H23Cl2N3O3S. The molecule has 6 nitrogen and oxygen atoms in total. The van der Waals surface area contributed by atoms with E-state index in [9.17, 15) is 14.7 Å². The van der Waals surface area contributed by atoms with Crippen molar-refractivity contribution < 1.29 is 14.7 Å². The fourth-order valence-electron chi connectivity index (χ4n) is 4.27. The average molecular weight is 504 g/mol. The van der Waals surface area contributed by atoms with Crippen LogP contribution in [0.2, 0.25) is 10.0 Å². The molecule has 0 fully saturated rings. The Morgan fingerprint density at radius 1 is 1.15 bits per heavy atom. The first-order valence-electron chi connectivity index (χ1n) is 10.4. The lowest BCUT2D eigenvalue weighted by atomic mass is 9.94. The molecule has 1 aromatic heterocycles. The third kappa shape index (κ3) is 5.33. The highest BCUT2D eigenvalue weighted by Crippen LogP contribution is 2.33. The molecule has 4 rings (SSSR count). The molecule has 33 heavy (non-hydrogen) atoms. The van der Waals surface area contributed by atoms with Crippen molar-refractivity contribution in [1.82, 2.24) is 10.6 Å². The Kier molecular flexibility index (Phi) is 7.24. The molecule has 0 unspecified atom stereocenters. The Morgan fingerprint density at radius 3 is 2.45 bits per heavy atom. The van der Waals surface area contributed by atoms with Crippen LogP contribution in [0.5, 0.6) is 5.75 Å². The predicted molar refractivity (Wildman–Crippen MR) is 130 cm³/mol. The zero-order valence-corrected chi connectivity index (χ0v) is 19.9. The Hall–Kier alpha value is -2.58. The van der Waals surface area contributed by atoms with Gasteiger partial charge < -0.3 is 21.5 Å². The number of carbonyl (C=O) groups excluding carboxylic acids is 2. The van der Waals surface area contributed by atoms with Crippen molar-refractivity contribution in [2.45, 2.75) is 31.5 Å².